The van der Waals surface area contributed by atoms with Gasteiger partial charge in [0.2, 0.25) is 10.0 Å². The maximum atomic E-state index is 12.2. The number of likely N-dealkylation sites (tertiary alicyclic amines) is 1. The smallest absolute Gasteiger partial charge is 0.216 e. The molecule has 4 nitrogen and oxygen atoms in total. The van der Waals surface area contributed by atoms with Crippen molar-refractivity contribution in [3.05, 3.63) is 0 Å². The normalized spacial score (nSPS) is 31.2. The summed E-state index contributed by atoms with van der Waals surface area (Å²) in [5.41, 5.74) is 0. The third-order valence-electron chi connectivity index (χ3n) is 4.99. The molecule has 118 valence electrons. The Balaban J connectivity index is 1.95. The lowest BCUT2D eigenvalue weighted by atomic mass is 10.0. The maximum absolute atomic E-state index is 12.2. The van der Waals surface area contributed by atoms with Gasteiger partial charge in [0.25, 0.3) is 0 Å². The fourth-order valence-electron chi connectivity index (χ4n) is 3.76. The van der Waals surface area contributed by atoms with Crippen LogP contribution < -0.4 is 0 Å². The van der Waals surface area contributed by atoms with Crippen molar-refractivity contribution in [1.82, 2.24) is 9.21 Å². The highest BCUT2D eigenvalue weighted by Gasteiger charge is 2.37. The van der Waals surface area contributed by atoms with Gasteiger partial charge in [-0.05, 0) is 45.4 Å². The fourth-order valence-corrected chi connectivity index (χ4v) is 5.07. The zero-order valence-corrected chi connectivity index (χ0v) is 14.2. The van der Waals surface area contributed by atoms with Gasteiger partial charge in [-0.15, -0.1) is 0 Å². The van der Waals surface area contributed by atoms with Gasteiger partial charge in [0.1, 0.15) is 0 Å². The topological polar surface area (TPSA) is 40.6 Å². The van der Waals surface area contributed by atoms with Crippen molar-refractivity contribution in [1.29, 1.82) is 0 Å². The van der Waals surface area contributed by atoms with E-state index in [1.807, 2.05) is 0 Å². The van der Waals surface area contributed by atoms with E-state index in [9.17, 15) is 8.42 Å². The van der Waals surface area contributed by atoms with Crippen molar-refractivity contribution in [3.63, 3.8) is 0 Å². The van der Waals surface area contributed by atoms with E-state index in [0.29, 0.717) is 25.2 Å². The predicted molar refractivity (Wildman–Crippen MR) is 83.2 cm³/mol. The Morgan fingerprint density at radius 1 is 1.20 bits per heavy atom. The molecule has 0 aromatic rings. The Labute approximate surface area is 124 Å². The van der Waals surface area contributed by atoms with Crippen molar-refractivity contribution < 1.29 is 8.42 Å². The van der Waals surface area contributed by atoms with Crippen LogP contribution in [-0.4, -0.2) is 54.6 Å². The first-order valence-electron chi connectivity index (χ1n) is 8.11. The molecule has 0 amide bonds. The average molecular weight is 302 g/mol. The first kappa shape index (κ1) is 16.2. The highest BCUT2D eigenvalue weighted by molar-refractivity contribution is 7.89. The average Bonchev–Trinajstić information content (AvgIpc) is 2.80. The summed E-state index contributed by atoms with van der Waals surface area (Å²) >= 11 is 0. The lowest BCUT2D eigenvalue weighted by molar-refractivity contribution is 0.122. The molecule has 0 radical (unpaired) electrons. The molecule has 0 spiro atoms. The van der Waals surface area contributed by atoms with Gasteiger partial charge in [0.15, 0.2) is 0 Å². The van der Waals surface area contributed by atoms with Crippen LogP contribution in [0.3, 0.4) is 0 Å². The molecule has 2 saturated heterocycles. The van der Waals surface area contributed by atoms with E-state index in [1.54, 1.807) is 18.2 Å². The predicted octanol–water partition coefficient (Wildman–Crippen LogP) is 2.31. The van der Waals surface area contributed by atoms with Gasteiger partial charge in [-0.25, -0.2) is 12.7 Å². The Kier molecular flexibility index (Phi) is 5.14. The second kappa shape index (κ2) is 6.32. The van der Waals surface area contributed by atoms with E-state index >= 15 is 0 Å². The van der Waals surface area contributed by atoms with Gasteiger partial charge >= 0.3 is 0 Å². The molecule has 0 bridgehead atoms. The number of hydrogen-bond acceptors (Lipinski definition) is 3. The van der Waals surface area contributed by atoms with Crippen LogP contribution in [0.25, 0.3) is 0 Å². The number of sulfonamides is 1. The minimum atomic E-state index is -3.06. The van der Waals surface area contributed by atoms with Crippen molar-refractivity contribution in [2.24, 2.45) is 5.92 Å². The van der Waals surface area contributed by atoms with Gasteiger partial charge in [-0.3, -0.25) is 4.90 Å². The molecule has 2 aliphatic rings. The lowest BCUT2D eigenvalue weighted by Gasteiger charge is -2.39. The van der Waals surface area contributed by atoms with Crippen LogP contribution in [0, 0.1) is 5.92 Å². The molecule has 0 saturated carbocycles. The minimum Gasteiger partial charge on any atom is -0.297 e. The fraction of sp³-hybridized carbons (Fsp3) is 1.00. The number of nitrogens with zero attached hydrogens (tertiary/aromatic N) is 2. The van der Waals surface area contributed by atoms with Crippen LogP contribution in [0.2, 0.25) is 0 Å². The zero-order valence-electron chi connectivity index (χ0n) is 13.4. The van der Waals surface area contributed by atoms with Crippen LogP contribution in [0.4, 0.5) is 0 Å². The van der Waals surface area contributed by atoms with Gasteiger partial charge in [0, 0.05) is 31.7 Å². The zero-order chi connectivity index (χ0) is 14.9. The molecule has 2 heterocycles. The number of rotatable bonds is 4. The molecular formula is C15H30N2O2S. The van der Waals surface area contributed by atoms with Crippen LogP contribution in [0.15, 0.2) is 0 Å². The quantitative estimate of drug-likeness (QED) is 0.800. The summed E-state index contributed by atoms with van der Waals surface area (Å²) in [5, 5.41) is -0.297. The van der Waals surface area contributed by atoms with Crippen LogP contribution in [-0.2, 0) is 10.0 Å². The summed E-state index contributed by atoms with van der Waals surface area (Å²) in [7, 11) is -3.06. The summed E-state index contributed by atoms with van der Waals surface area (Å²) in [5.74, 6) is 0.789. The first-order valence-corrected chi connectivity index (χ1v) is 9.61. The third-order valence-corrected chi connectivity index (χ3v) is 7.26. The molecule has 2 atom stereocenters. The highest BCUT2D eigenvalue weighted by atomic mass is 32.2. The molecule has 2 rings (SSSR count). The molecule has 2 unspecified atom stereocenters. The molecule has 20 heavy (non-hydrogen) atoms. The van der Waals surface area contributed by atoms with Crippen molar-refractivity contribution in [3.8, 4) is 0 Å². The molecule has 0 aromatic heterocycles. The molecule has 0 aliphatic carbocycles. The summed E-state index contributed by atoms with van der Waals surface area (Å²) in [6.07, 6.45) is 4.51. The van der Waals surface area contributed by atoms with Crippen molar-refractivity contribution >= 4 is 10.0 Å². The van der Waals surface area contributed by atoms with Gasteiger partial charge < -0.3 is 0 Å². The second-order valence-corrected chi connectivity index (χ2v) is 9.31. The second-order valence-electron chi connectivity index (χ2n) is 6.82. The standard InChI is InChI=1S/C15H30N2O2S/c1-5-14-10-13(4)11-17(14)15-6-8-16(9-7-15)20(18,19)12(2)3/h12-15H,5-11H2,1-4H3. The van der Waals surface area contributed by atoms with E-state index in [2.05, 4.69) is 18.7 Å². The summed E-state index contributed by atoms with van der Waals surface area (Å²) in [6.45, 7) is 10.8. The lowest BCUT2D eigenvalue weighted by Crippen LogP contribution is -2.49. The number of piperidine rings is 1. The SMILES string of the molecule is CCC1CC(C)CN1C1CCN(S(=O)(=O)C(C)C)CC1. The van der Waals surface area contributed by atoms with Crippen LogP contribution >= 0.6 is 0 Å². The van der Waals surface area contributed by atoms with Gasteiger partial charge in [-0.2, -0.15) is 0 Å². The molecule has 2 fully saturated rings. The Bertz CT molecular complexity index is 414. The molecule has 0 N–H and O–H groups in total. The van der Waals surface area contributed by atoms with Crippen LogP contribution in [0.1, 0.15) is 53.4 Å². The molecule has 5 heteroatoms. The van der Waals surface area contributed by atoms with E-state index in [4.69, 9.17) is 0 Å². The monoisotopic (exact) mass is 302 g/mol. The van der Waals surface area contributed by atoms with Crippen molar-refractivity contribution in [2.45, 2.75) is 70.7 Å². The highest BCUT2D eigenvalue weighted by Crippen LogP contribution is 2.31. The minimum absolute atomic E-state index is 0.297. The van der Waals surface area contributed by atoms with E-state index in [1.165, 1.54) is 19.4 Å². The largest absolute Gasteiger partial charge is 0.297 e. The van der Waals surface area contributed by atoms with Crippen LogP contribution in [0.5, 0.6) is 0 Å². The molecular weight excluding hydrogens is 272 g/mol. The van der Waals surface area contributed by atoms with Gasteiger partial charge in [0.05, 0.1) is 5.25 Å². The van der Waals surface area contributed by atoms with E-state index < -0.39 is 10.0 Å². The van der Waals surface area contributed by atoms with E-state index in [-0.39, 0.29) is 5.25 Å². The van der Waals surface area contributed by atoms with E-state index in [0.717, 1.165) is 18.8 Å². The Morgan fingerprint density at radius 3 is 2.30 bits per heavy atom. The maximum Gasteiger partial charge on any atom is 0.216 e. The summed E-state index contributed by atoms with van der Waals surface area (Å²) in [6, 6.07) is 1.30. The number of hydrogen-bond donors (Lipinski definition) is 0. The third kappa shape index (κ3) is 3.20. The van der Waals surface area contributed by atoms with Gasteiger partial charge in [-0.1, -0.05) is 13.8 Å². The first-order chi connectivity index (χ1) is 9.36. The Morgan fingerprint density at radius 2 is 1.80 bits per heavy atom. The van der Waals surface area contributed by atoms with Crippen molar-refractivity contribution in [2.75, 3.05) is 19.6 Å². The molecule has 0 aromatic carbocycles. The summed E-state index contributed by atoms with van der Waals surface area (Å²) < 4.78 is 26.1. The Hall–Kier alpha value is -0.130. The molecule has 2 aliphatic heterocycles. The summed E-state index contributed by atoms with van der Waals surface area (Å²) in [4.78, 5) is 2.66.